The Balaban J connectivity index is 2.25. The Hall–Kier alpha value is -0.0800. The lowest BCUT2D eigenvalue weighted by Crippen LogP contribution is -2.41. The minimum absolute atomic E-state index is 0.0892. The van der Waals surface area contributed by atoms with Crippen molar-refractivity contribution >= 4 is 0 Å². The Bertz CT molecular complexity index is 93.3. The Labute approximate surface area is 62.6 Å². The summed E-state index contributed by atoms with van der Waals surface area (Å²) in [5, 5.41) is 12.7. The molecule has 2 nitrogen and oxygen atoms in total. The van der Waals surface area contributed by atoms with Gasteiger partial charge in [0.2, 0.25) is 0 Å². The molecule has 0 aromatic carbocycles. The maximum Gasteiger partial charge on any atom is 0.0693 e. The van der Waals surface area contributed by atoms with Gasteiger partial charge in [0.25, 0.3) is 0 Å². The summed E-state index contributed by atoms with van der Waals surface area (Å²) in [6.07, 6.45) is 4.51. The third-order valence-electron chi connectivity index (χ3n) is 2.20. The summed E-state index contributed by atoms with van der Waals surface area (Å²) in [4.78, 5) is 0. The van der Waals surface area contributed by atoms with Crippen molar-refractivity contribution in [3.63, 3.8) is 0 Å². The largest absolute Gasteiger partial charge is 0.392 e. The van der Waals surface area contributed by atoms with Crippen molar-refractivity contribution in [3.05, 3.63) is 0 Å². The van der Waals surface area contributed by atoms with Crippen molar-refractivity contribution in [1.29, 1.82) is 0 Å². The molecule has 0 aromatic rings. The molecule has 0 bridgehead atoms. The summed E-state index contributed by atoms with van der Waals surface area (Å²) >= 11 is 0. The quantitative estimate of drug-likeness (QED) is 0.602. The van der Waals surface area contributed by atoms with E-state index in [9.17, 15) is 5.11 Å². The predicted octanol–water partition coefficient (Wildman–Crippen LogP) is 0.899. The van der Waals surface area contributed by atoms with Crippen LogP contribution in [0.1, 0.15) is 32.6 Å². The average molecular weight is 143 g/mol. The molecule has 0 amide bonds. The van der Waals surface area contributed by atoms with Crippen molar-refractivity contribution in [3.8, 4) is 0 Å². The Morgan fingerprint density at radius 3 is 2.70 bits per heavy atom. The Morgan fingerprint density at radius 1 is 1.40 bits per heavy atom. The summed E-state index contributed by atoms with van der Waals surface area (Å²) in [7, 11) is 0. The molecule has 10 heavy (non-hydrogen) atoms. The van der Waals surface area contributed by atoms with Gasteiger partial charge >= 0.3 is 0 Å². The lowest BCUT2D eigenvalue weighted by atomic mass is 9.93. The molecule has 0 aliphatic heterocycles. The Morgan fingerprint density at radius 2 is 2.10 bits per heavy atom. The smallest absolute Gasteiger partial charge is 0.0693 e. The highest BCUT2D eigenvalue weighted by Crippen LogP contribution is 2.17. The van der Waals surface area contributed by atoms with Gasteiger partial charge in [-0.25, -0.2) is 0 Å². The van der Waals surface area contributed by atoms with Crippen LogP contribution in [0.5, 0.6) is 0 Å². The molecule has 0 spiro atoms. The van der Waals surface area contributed by atoms with E-state index in [1.165, 1.54) is 12.8 Å². The molecular formula is C8H17NO. The molecule has 2 atom stereocenters. The van der Waals surface area contributed by atoms with E-state index in [0.717, 1.165) is 19.4 Å². The summed E-state index contributed by atoms with van der Waals surface area (Å²) in [5.41, 5.74) is 0. The first kappa shape index (κ1) is 8.02. The van der Waals surface area contributed by atoms with Crippen LogP contribution in [0.3, 0.4) is 0 Å². The highest BCUT2D eigenvalue weighted by molar-refractivity contribution is 4.79. The fraction of sp³-hybridized carbons (Fsp3) is 1.00. The third kappa shape index (κ3) is 1.96. The second kappa shape index (κ2) is 3.94. The summed E-state index contributed by atoms with van der Waals surface area (Å²) in [5.74, 6) is 0. The van der Waals surface area contributed by atoms with E-state index < -0.39 is 0 Å². The zero-order chi connectivity index (χ0) is 7.40. The van der Waals surface area contributed by atoms with E-state index >= 15 is 0 Å². The van der Waals surface area contributed by atoms with Gasteiger partial charge in [-0.3, -0.25) is 0 Å². The monoisotopic (exact) mass is 143 g/mol. The molecular weight excluding hydrogens is 126 g/mol. The van der Waals surface area contributed by atoms with Crippen LogP contribution in [0.15, 0.2) is 0 Å². The number of hydrogen-bond donors (Lipinski definition) is 2. The second-order valence-electron chi connectivity index (χ2n) is 3.02. The van der Waals surface area contributed by atoms with Gasteiger partial charge in [0.05, 0.1) is 6.10 Å². The molecule has 2 unspecified atom stereocenters. The number of hydrogen-bond acceptors (Lipinski definition) is 2. The van der Waals surface area contributed by atoms with E-state index in [1.807, 2.05) is 0 Å². The van der Waals surface area contributed by atoms with Crippen molar-refractivity contribution in [1.82, 2.24) is 5.32 Å². The van der Waals surface area contributed by atoms with Crippen LogP contribution in [-0.2, 0) is 0 Å². The van der Waals surface area contributed by atoms with Gasteiger partial charge < -0.3 is 10.4 Å². The normalized spacial score (nSPS) is 34.2. The van der Waals surface area contributed by atoms with E-state index in [-0.39, 0.29) is 6.10 Å². The van der Waals surface area contributed by atoms with Gasteiger partial charge in [-0.05, 0) is 19.4 Å². The first-order valence-corrected chi connectivity index (χ1v) is 4.26. The van der Waals surface area contributed by atoms with Gasteiger partial charge in [-0.1, -0.05) is 19.8 Å². The van der Waals surface area contributed by atoms with Crippen molar-refractivity contribution in [2.24, 2.45) is 0 Å². The SMILES string of the molecule is CCNC1CCCCC1O. The molecule has 2 N–H and O–H groups in total. The first-order chi connectivity index (χ1) is 4.84. The summed E-state index contributed by atoms with van der Waals surface area (Å²) < 4.78 is 0. The van der Waals surface area contributed by atoms with Crippen LogP contribution in [0.2, 0.25) is 0 Å². The van der Waals surface area contributed by atoms with Crippen LogP contribution in [0, 0.1) is 0 Å². The molecule has 1 aliphatic rings. The lowest BCUT2D eigenvalue weighted by Gasteiger charge is -2.27. The van der Waals surface area contributed by atoms with E-state index in [0.29, 0.717) is 6.04 Å². The molecule has 1 fully saturated rings. The minimum atomic E-state index is -0.0892. The van der Waals surface area contributed by atoms with Gasteiger partial charge in [0, 0.05) is 6.04 Å². The van der Waals surface area contributed by atoms with Crippen molar-refractivity contribution in [2.75, 3.05) is 6.54 Å². The molecule has 2 heteroatoms. The highest BCUT2D eigenvalue weighted by atomic mass is 16.3. The fourth-order valence-corrected chi connectivity index (χ4v) is 1.61. The van der Waals surface area contributed by atoms with Crippen LogP contribution in [0.4, 0.5) is 0 Å². The van der Waals surface area contributed by atoms with Gasteiger partial charge in [0.1, 0.15) is 0 Å². The first-order valence-electron chi connectivity index (χ1n) is 4.26. The standard InChI is InChI=1S/C8H17NO/c1-2-9-7-5-3-4-6-8(7)10/h7-10H,2-6H2,1H3. The molecule has 0 heterocycles. The van der Waals surface area contributed by atoms with Crippen molar-refractivity contribution in [2.45, 2.75) is 44.8 Å². The predicted molar refractivity (Wildman–Crippen MR) is 41.9 cm³/mol. The van der Waals surface area contributed by atoms with Crippen LogP contribution < -0.4 is 5.32 Å². The number of aliphatic hydroxyl groups excluding tert-OH is 1. The van der Waals surface area contributed by atoms with Gasteiger partial charge in [-0.15, -0.1) is 0 Å². The average Bonchev–Trinajstić information content (AvgIpc) is 1.94. The highest BCUT2D eigenvalue weighted by Gasteiger charge is 2.21. The maximum absolute atomic E-state index is 9.44. The second-order valence-corrected chi connectivity index (χ2v) is 3.02. The third-order valence-corrected chi connectivity index (χ3v) is 2.20. The topological polar surface area (TPSA) is 32.3 Å². The van der Waals surface area contributed by atoms with E-state index in [1.54, 1.807) is 0 Å². The van der Waals surface area contributed by atoms with E-state index in [4.69, 9.17) is 0 Å². The van der Waals surface area contributed by atoms with Crippen molar-refractivity contribution < 1.29 is 5.11 Å². The maximum atomic E-state index is 9.44. The number of likely N-dealkylation sites (N-methyl/N-ethyl adjacent to an activating group) is 1. The summed E-state index contributed by atoms with van der Waals surface area (Å²) in [6.45, 7) is 3.06. The van der Waals surface area contributed by atoms with Gasteiger partial charge in [-0.2, -0.15) is 0 Å². The van der Waals surface area contributed by atoms with Crippen LogP contribution in [-0.4, -0.2) is 23.8 Å². The number of aliphatic hydroxyl groups is 1. The molecule has 1 aliphatic carbocycles. The van der Waals surface area contributed by atoms with Crippen LogP contribution in [0.25, 0.3) is 0 Å². The molecule has 60 valence electrons. The Kier molecular flexibility index (Phi) is 3.16. The lowest BCUT2D eigenvalue weighted by molar-refractivity contribution is 0.0920. The fourth-order valence-electron chi connectivity index (χ4n) is 1.61. The molecule has 1 saturated carbocycles. The zero-order valence-electron chi connectivity index (χ0n) is 6.64. The minimum Gasteiger partial charge on any atom is -0.392 e. The molecule has 0 aromatic heterocycles. The molecule has 0 radical (unpaired) electrons. The van der Waals surface area contributed by atoms with E-state index in [2.05, 4.69) is 12.2 Å². The summed E-state index contributed by atoms with van der Waals surface area (Å²) in [6, 6.07) is 0.374. The van der Waals surface area contributed by atoms with Crippen LogP contribution >= 0.6 is 0 Å². The molecule has 0 saturated heterocycles. The number of nitrogens with one attached hydrogen (secondary N) is 1. The van der Waals surface area contributed by atoms with Gasteiger partial charge in [0.15, 0.2) is 0 Å². The number of rotatable bonds is 2. The molecule has 1 rings (SSSR count). The zero-order valence-corrected chi connectivity index (χ0v) is 6.64.